The van der Waals surface area contributed by atoms with Crippen molar-refractivity contribution in [2.75, 3.05) is 35.7 Å². The molecule has 29 heavy (non-hydrogen) atoms. The van der Waals surface area contributed by atoms with Crippen LogP contribution in [0.25, 0.3) is 0 Å². The second kappa shape index (κ2) is 8.91. The van der Waals surface area contributed by atoms with Gasteiger partial charge in [0.25, 0.3) is 0 Å². The van der Waals surface area contributed by atoms with Crippen LogP contribution >= 0.6 is 11.3 Å². The summed E-state index contributed by atoms with van der Waals surface area (Å²) in [6, 6.07) is 11.4. The molecule has 2 N–H and O–H groups in total. The number of benzene rings is 1. The van der Waals surface area contributed by atoms with Crippen molar-refractivity contribution in [1.29, 1.82) is 0 Å². The lowest BCUT2D eigenvalue weighted by Gasteiger charge is -2.17. The molecule has 0 spiro atoms. The van der Waals surface area contributed by atoms with Crippen LogP contribution in [0.4, 0.5) is 23.1 Å². The summed E-state index contributed by atoms with van der Waals surface area (Å²) >= 11 is 1.58. The molecule has 1 fully saturated rings. The molecule has 0 unspecified atom stereocenters. The van der Waals surface area contributed by atoms with Crippen molar-refractivity contribution < 1.29 is 9.53 Å². The van der Waals surface area contributed by atoms with Crippen molar-refractivity contribution in [2.45, 2.75) is 19.3 Å². The number of carbonyl (C=O) groups is 1. The Labute approximate surface area is 173 Å². The number of methoxy groups -OCH3 is 1. The third kappa shape index (κ3) is 4.83. The lowest BCUT2D eigenvalue weighted by Crippen LogP contribution is -2.20. The van der Waals surface area contributed by atoms with E-state index in [-0.39, 0.29) is 5.91 Å². The van der Waals surface area contributed by atoms with E-state index in [1.807, 2.05) is 41.8 Å². The van der Waals surface area contributed by atoms with E-state index < -0.39 is 0 Å². The largest absolute Gasteiger partial charge is 0.491 e. The van der Waals surface area contributed by atoms with Gasteiger partial charge in [-0.15, -0.1) is 11.3 Å². The predicted octanol–water partition coefficient (Wildman–Crippen LogP) is 4.07. The number of nitrogens with zero attached hydrogens (tertiary/aromatic N) is 3. The van der Waals surface area contributed by atoms with E-state index in [1.165, 1.54) is 0 Å². The first-order chi connectivity index (χ1) is 14.2. The van der Waals surface area contributed by atoms with Gasteiger partial charge in [-0.05, 0) is 48.6 Å². The molecule has 1 aliphatic heterocycles. The van der Waals surface area contributed by atoms with Gasteiger partial charge in [0.2, 0.25) is 11.9 Å². The number of carbonyl (C=O) groups excluding carboxylic acids is 1. The minimum atomic E-state index is -0.0270. The SMILES string of the molecule is COc1cnc(N2CCCC2)nc1Nc1ccc(NC(=O)Cc2cccs2)cc1. The first kappa shape index (κ1) is 19.2. The molecule has 7 nitrogen and oxygen atoms in total. The highest BCUT2D eigenvalue weighted by molar-refractivity contribution is 7.10. The molecule has 150 valence electrons. The Kier molecular flexibility index (Phi) is 5.90. The molecule has 1 aromatic carbocycles. The molecule has 0 radical (unpaired) electrons. The Hall–Kier alpha value is -3.13. The van der Waals surface area contributed by atoms with E-state index in [1.54, 1.807) is 24.6 Å². The summed E-state index contributed by atoms with van der Waals surface area (Å²) in [6.07, 6.45) is 4.41. The maximum atomic E-state index is 12.1. The minimum absolute atomic E-state index is 0.0270. The second-order valence-corrected chi connectivity index (χ2v) is 7.82. The van der Waals surface area contributed by atoms with Crippen molar-refractivity contribution >= 4 is 40.4 Å². The van der Waals surface area contributed by atoms with Crippen LogP contribution in [0.15, 0.2) is 48.0 Å². The summed E-state index contributed by atoms with van der Waals surface area (Å²) in [7, 11) is 1.60. The summed E-state index contributed by atoms with van der Waals surface area (Å²) in [6.45, 7) is 1.96. The molecular weight excluding hydrogens is 386 g/mol. The van der Waals surface area contributed by atoms with Crippen LogP contribution in [-0.4, -0.2) is 36.1 Å². The summed E-state index contributed by atoms with van der Waals surface area (Å²) in [5.74, 6) is 1.89. The van der Waals surface area contributed by atoms with Crippen LogP contribution < -0.4 is 20.3 Å². The van der Waals surface area contributed by atoms with Crippen LogP contribution in [0, 0.1) is 0 Å². The van der Waals surface area contributed by atoms with Gasteiger partial charge in [-0.3, -0.25) is 4.79 Å². The highest BCUT2D eigenvalue weighted by Crippen LogP contribution is 2.28. The van der Waals surface area contributed by atoms with Crippen LogP contribution in [0.5, 0.6) is 5.75 Å². The van der Waals surface area contributed by atoms with Gasteiger partial charge in [0.15, 0.2) is 11.6 Å². The quantitative estimate of drug-likeness (QED) is 0.612. The number of nitrogens with one attached hydrogen (secondary N) is 2. The second-order valence-electron chi connectivity index (χ2n) is 6.79. The summed E-state index contributed by atoms with van der Waals surface area (Å²) in [5.41, 5.74) is 1.61. The third-order valence-corrected chi connectivity index (χ3v) is 5.57. The zero-order valence-corrected chi connectivity index (χ0v) is 17.0. The number of ether oxygens (including phenoxy) is 1. The predicted molar refractivity (Wildman–Crippen MR) is 116 cm³/mol. The lowest BCUT2D eigenvalue weighted by molar-refractivity contribution is -0.115. The van der Waals surface area contributed by atoms with Crippen LogP contribution in [0.3, 0.4) is 0 Å². The lowest BCUT2D eigenvalue weighted by atomic mass is 10.2. The van der Waals surface area contributed by atoms with Gasteiger partial charge in [-0.25, -0.2) is 4.98 Å². The van der Waals surface area contributed by atoms with Gasteiger partial charge in [-0.1, -0.05) is 6.07 Å². The van der Waals surface area contributed by atoms with Gasteiger partial charge in [-0.2, -0.15) is 4.98 Å². The van der Waals surface area contributed by atoms with Gasteiger partial charge in [0.1, 0.15) is 0 Å². The maximum absolute atomic E-state index is 12.1. The van der Waals surface area contributed by atoms with Crippen LogP contribution in [-0.2, 0) is 11.2 Å². The first-order valence-corrected chi connectivity index (χ1v) is 10.4. The molecule has 3 aromatic rings. The van der Waals surface area contributed by atoms with E-state index in [0.29, 0.717) is 23.9 Å². The van der Waals surface area contributed by atoms with E-state index in [2.05, 4.69) is 25.5 Å². The Morgan fingerprint density at radius 1 is 1.17 bits per heavy atom. The van der Waals surface area contributed by atoms with Gasteiger partial charge in [0, 0.05) is 29.3 Å². The molecule has 2 aromatic heterocycles. The number of rotatable bonds is 7. The number of hydrogen-bond donors (Lipinski definition) is 2. The molecule has 1 saturated heterocycles. The Balaban J connectivity index is 1.42. The normalized spacial score (nSPS) is 13.3. The Morgan fingerprint density at radius 3 is 2.62 bits per heavy atom. The molecule has 0 saturated carbocycles. The molecule has 0 bridgehead atoms. The molecule has 3 heterocycles. The number of thiophene rings is 1. The average Bonchev–Trinajstić information content (AvgIpc) is 3.43. The summed E-state index contributed by atoms with van der Waals surface area (Å²) in [5, 5.41) is 8.19. The van der Waals surface area contributed by atoms with Crippen LogP contribution in [0.1, 0.15) is 17.7 Å². The fourth-order valence-electron chi connectivity index (χ4n) is 3.22. The first-order valence-electron chi connectivity index (χ1n) is 9.56. The van der Waals surface area contributed by atoms with Gasteiger partial charge < -0.3 is 20.3 Å². The van der Waals surface area contributed by atoms with Crippen molar-refractivity contribution in [2.24, 2.45) is 0 Å². The van der Waals surface area contributed by atoms with Crippen molar-refractivity contribution in [3.63, 3.8) is 0 Å². The fraction of sp³-hybridized carbons (Fsp3) is 0.286. The zero-order chi connectivity index (χ0) is 20.1. The average molecular weight is 410 g/mol. The van der Waals surface area contributed by atoms with E-state index in [9.17, 15) is 4.79 Å². The summed E-state index contributed by atoms with van der Waals surface area (Å²) < 4.78 is 5.40. The van der Waals surface area contributed by atoms with Crippen molar-refractivity contribution in [3.05, 3.63) is 52.9 Å². The van der Waals surface area contributed by atoms with E-state index in [4.69, 9.17) is 4.74 Å². The number of amides is 1. The zero-order valence-electron chi connectivity index (χ0n) is 16.2. The van der Waals surface area contributed by atoms with Crippen molar-refractivity contribution in [1.82, 2.24) is 9.97 Å². The topological polar surface area (TPSA) is 79.4 Å². The van der Waals surface area contributed by atoms with Gasteiger partial charge in [0.05, 0.1) is 19.7 Å². The molecule has 0 atom stereocenters. The Bertz CT molecular complexity index is 954. The fourth-order valence-corrected chi connectivity index (χ4v) is 3.92. The molecule has 0 aliphatic carbocycles. The van der Waals surface area contributed by atoms with Crippen molar-refractivity contribution in [3.8, 4) is 5.75 Å². The number of anilines is 4. The highest BCUT2D eigenvalue weighted by atomic mass is 32.1. The smallest absolute Gasteiger partial charge is 0.229 e. The standard InChI is InChI=1S/C21H23N5O2S/c1-28-18-14-22-21(26-10-2-3-11-26)25-20(18)24-16-8-6-15(7-9-16)23-19(27)13-17-5-4-12-29-17/h4-9,12,14H,2-3,10-11,13H2,1H3,(H,23,27)(H,22,24,25). The Morgan fingerprint density at radius 2 is 1.93 bits per heavy atom. The summed E-state index contributed by atoms with van der Waals surface area (Å²) in [4.78, 5) is 24.4. The number of hydrogen-bond acceptors (Lipinski definition) is 7. The molecule has 1 amide bonds. The third-order valence-electron chi connectivity index (χ3n) is 4.70. The monoisotopic (exact) mass is 409 g/mol. The van der Waals surface area contributed by atoms with Gasteiger partial charge >= 0.3 is 0 Å². The molecule has 8 heteroatoms. The molecule has 4 rings (SSSR count). The molecular formula is C21H23N5O2S. The minimum Gasteiger partial charge on any atom is -0.491 e. The van der Waals surface area contributed by atoms with E-state index >= 15 is 0 Å². The number of aromatic nitrogens is 2. The van der Waals surface area contributed by atoms with Crippen LogP contribution in [0.2, 0.25) is 0 Å². The maximum Gasteiger partial charge on any atom is 0.229 e. The highest BCUT2D eigenvalue weighted by Gasteiger charge is 2.17. The molecule has 1 aliphatic rings. The van der Waals surface area contributed by atoms with E-state index in [0.717, 1.165) is 42.2 Å².